The summed E-state index contributed by atoms with van der Waals surface area (Å²) in [7, 11) is 1.56. The molecule has 6 nitrogen and oxygen atoms in total. The van der Waals surface area contributed by atoms with E-state index in [0.29, 0.717) is 16.0 Å². The Labute approximate surface area is 141 Å². The fourth-order valence-electron chi connectivity index (χ4n) is 1.81. The van der Waals surface area contributed by atoms with Gasteiger partial charge in [0.05, 0.1) is 18.4 Å². The smallest absolute Gasteiger partial charge is 0.337 e. The van der Waals surface area contributed by atoms with Gasteiger partial charge in [-0.15, -0.1) is 0 Å². The molecule has 7 heteroatoms. The molecule has 0 aromatic heterocycles. The number of ether oxygens (including phenoxy) is 2. The summed E-state index contributed by atoms with van der Waals surface area (Å²) in [6.45, 7) is -0.235. The van der Waals surface area contributed by atoms with Crippen LogP contribution < -0.4 is 14.8 Å². The first-order valence-electron chi connectivity index (χ1n) is 6.59. The van der Waals surface area contributed by atoms with Crippen molar-refractivity contribution in [3.63, 3.8) is 0 Å². The van der Waals surface area contributed by atoms with Gasteiger partial charge in [0.1, 0.15) is 11.5 Å². The van der Waals surface area contributed by atoms with E-state index in [-0.39, 0.29) is 17.9 Å². The van der Waals surface area contributed by atoms with Crippen LogP contribution in [0.5, 0.6) is 11.5 Å². The number of aromatic carboxylic acids is 1. The van der Waals surface area contributed by atoms with Gasteiger partial charge in [-0.3, -0.25) is 4.79 Å². The molecule has 0 bridgehead atoms. The minimum atomic E-state index is -1.13. The van der Waals surface area contributed by atoms with Gasteiger partial charge in [-0.2, -0.15) is 0 Å². The van der Waals surface area contributed by atoms with Gasteiger partial charge < -0.3 is 19.9 Å². The summed E-state index contributed by atoms with van der Waals surface area (Å²) in [5.74, 6) is -0.388. The normalized spacial score (nSPS) is 10.0. The van der Waals surface area contributed by atoms with Crippen LogP contribution in [0, 0.1) is 0 Å². The van der Waals surface area contributed by atoms with Gasteiger partial charge in [-0.1, -0.05) is 15.9 Å². The Bertz CT molecular complexity index is 715. The van der Waals surface area contributed by atoms with Crippen LogP contribution in [-0.2, 0) is 4.79 Å². The molecule has 2 aromatic carbocycles. The number of rotatable bonds is 6. The lowest BCUT2D eigenvalue weighted by molar-refractivity contribution is -0.118. The van der Waals surface area contributed by atoms with Gasteiger partial charge in [0.2, 0.25) is 0 Å². The van der Waals surface area contributed by atoms with Crippen LogP contribution in [0.2, 0.25) is 0 Å². The monoisotopic (exact) mass is 379 g/mol. The number of halogens is 1. The molecule has 2 rings (SSSR count). The molecule has 0 saturated heterocycles. The van der Waals surface area contributed by atoms with Crippen LogP contribution >= 0.6 is 15.9 Å². The molecule has 1 amide bonds. The van der Waals surface area contributed by atoms with E-state index < -0.39 is 11.9 Å². The van der Waals surface area contributed by atoms with Crippen molar-refractivity contribution in [2.45, 2.75) is 0 Å². The van der Waals surface area contributed by atoms with Crippen molar-refractivity contribution in [2.75, 3.05) is 19.0 Å². The van der Waals surface area contributed by atoms with Crippen LogP contribution in [0.15, 0.2) is 46.9 Å². The number of carbonyl (C=O) groups is 2. The second-order valence-corrected chi connectivity index (χ2v) is 5.42. The largest absolute Gasteiger partial charge is 0.497 e. The number of benzene rings is 2. The molecule has 0 aliphatic heterocycles. The average Bonchev–Trinajstić information content (AvgIpc) is 2.55. The third kappa shape index (κ3) is 4.72. The van der Waals surface area contributed by atoms with E-state index in [2.05, 4.69) is 21.2 Å². The van der Waals surface area contributed by atoms with E-state index in [0.717, 1.165) is 0 Å². The van der Waals surface area contributed by atoms with E-state index in [4.69, 9.17) is 14.6 Å². The number of carbonyl (C=O) groups excluding carboxylic acids is 1. The lowest BCUT2D eigenvalue weighted by Gasteiger charge is -2.10. The molecule has 0 unspecified atom stereocenters. The highest BCUT2D eigenvalue weighted by atomic mass is 79.9. The van der Waals surface area contributed by atoms with E-state index >= 15 is 0 Å². The lowest BCUT2D eigenvalue weighted by Crippen LogP contribution is -2.21. The molecule has 2 N–H and O–H groups in total. The number of hydrogen-bond acceptors (Lipinski definition) is 4. The second kappa shape index (κ2) is 7.64. The highest BCUT2D eigenvalue weighted by Crippen LogP contribution is 2.21. The summed E-state index contributed by atoms with van der Waals surface area (Å²) in [5.41, 5.74) is 0.209. The van der Waals surface area contributed by atoms with Gasteiger partial charge in [-0.25, -0.2) is 4.79 Å². The minimum Gasteiger partial charge on any atom is -0.497 e. The van der Waals surface area contributed by atoms with Crippen molar-refractivity contribution in [3.05, 3.63) is 52.5 Å². The molecule has 0 fully saturated rings. The Morgan fingerprint density at radius 3 is 2.39 bits per heavy atom. The molecule has 23 heavy (non-hydrogen) atoms. The fourth-order valence-corrected chi connectivity index (χ4v) is 2.17. The highest BCUT2D eigenvalue weighted by molar-refractivity contribution is 9.10. The van der Waals surface area contributed by atoms with Crippen molar-refractivity contribution in [1.29, 1.82) is 0 Å². The van der Waals surface area contributed by atoms with Gasteiger partial charge in [0.15, 0.2) is 6.61 Å². The third-order valence-electron chi connectivity index (χ3n) is 2.92. The van der Waals surface area contributed by atoms with Gasteiger partial charge in [-0.05, 0) is 42.5 Å². The number of carboxylic acid groups (broad SMARTS) is 1. The van der Waals surface area contributed by atoms with Crippen LogP contribution in [0.3, 0.4) is 0 Å². The van der Waals surface area contributed by atoms with Crippen molar-refractivity contribution in [1.82, 2.24) is 0 Å². The molecular formula is C16H14BrNO5. The van der Waals surface area contributed by atoms with E-state index in [1.807, 2.05) is 0 Å². The Morgan fingerprint density at radius 2 is 1.78 bits per heavy atom. The Kier molecular flexibility index (Phi) is 5.59. The zero-order valence-electron chi connectivity index (χ0n) is 12.2. The van der Waals surface area contributed by atoms with Crippen molar-refractivity contribution >= 4 is 33.5 Å². The first kappa shape index (κ1) is 16.8. The SMILES string of the molecule is COc1ccc(OCC(=O)Nc2ccc(Br)cc2C(=O)O)cc1. The third-order valence-corrected chi connectivity index (χ3v) is 3.41. The van der Waals surface area contributed by atoms with Crippen LogP contribution in [0.25, 0.3) is 0 Å². The predicted molar refractivity (Wildman–Crippen MR) is 88.2 cm³/mol. The zero-order chi connectivity index (χ0) is 16.8. The minimum absolute atomic E-state index is 0.00262. The maximum absolute atomic E-state index is 11.9. The summed E-state index contributed by atoms with van der Waals surface area (Å²) in [6.07, 6.45) is 0. The molecule has 2 aromatic rings. The van der Waals surface area contributed by atoms with Crippen LogP contribution in [-0.4, -0.2) is 30.7 Å². The Hall–Kier alpha value is -2.54. The molecule has 0 spiro atoms. The maximum atomic E-state index is 11.9. The molecular weight excluding hydrogens is 366 g/mol. The Morgan fingerprint density at radius 1 is 1.13 bits per heavy atom. The number of amides is 1. The average molecular weight is 380 g/mol. The molecule has 0 radical (unpaired) electrons. The predicted octanol–water partition coefficient (Wildman–Crippen LogP) is 3.17. The maximum Gasteiger partial charge on any atom is 0.337 e. The standard InChI is InChI=1S/C16H14BrNO5/c1-22-11-3-5-12(6-4-11)23-9-15(19)18-14-7-2-10(17)8-13(14)16(20)21/h2-8H,9H2,1H3,(H,18,19)(H,20,21). The van der Waals surface area contributed by atoms with Crippen molar-refractivity contribution in [2.24, 2.45) is 0 Å². The molecule has 0 heterocycles. The van der Waals surface area contributed by atoms with Crippen LogP contribution in [0.4, 0.5) is 5.69 Å². The summed E-state index contributed by atoms with van der Waals surface area (Å²) in [5, 5.41) is 11.7. The second-order valence-electron chi connectivity index (χ2n) is 4.51. The molecule has 0 aliphatic rings. The van der Waals surface area contributed by atoms with E-state index in [9.17, 15) is 9.59 Å². The summed E-state index contributed by atoms with van der Waals surface area (Å²) < 4.78 is 11.0. The topological polar surface area (TPSA) is 84.9 Å². The zero-order valence-corrected chi connectivity index (χ0v) is 13.8. The lowest BCUT2D eigenvalue weighted by atomic mass is 10.2. The number of nitrogens with one attached hydrogen (secondary N) is 1. The molecule has 120 valence electrons. The van der Waals surface area contributed by atoms with Crippen LogP contribution in [0.1, 0.15) is 10.4 Å². The van der Waals surface area contributed by atoms with Gasteiger partial charge in [0.25, 0.3) is 5.91 Å². The molecule has 0 aliphatic carbocycles. The number of hydrogen-bond donors (Lipinski definition) is 2. The fraction of sp³-hybridized carbons (Fsp3) is 0.125. The molecule has 0 atom stereocenters. The summed E-state index contributed by atoms with van der Waals surface area (Å²) in [4.78, 5) is 23.1. The van der Waals surface area contributed by atoms with E-state index in [1.54, 1.807) is 37.4 Å². The van der Waals surface area contributed by atoms with E-state index in [1.165, 1.54) is 12.1 Å². The van der Waals surface area contributed by atoms with Crippen molar-refractivity contribution < 1.29 is 24.2 Å². The van der Waals surface area contributed by atoms with Gasteiger partial charge >= 0.3 is 5.97 Å². The summed E-state index contributed by atoms with van der Waals surface area (Å²) >= 11 is 3.19. The number of anilines is 1. The quantitative estimate of drug-likeness (QED) is 0.804. The summed E-state index contributed by atoms with van der Waals surface area (Å²) in [6, 6.07) is 11.4. The highest BCUT2D eigenvalue weighted by Gasteiger charge is 2.13. The van der Waals surface area contributed by atoms with Crippen molar-refractivity contribution in [3.8, 4) is 11.5 Å². The first-order valence-corrected chi connectivity index (χ1v) is 7.38. The molecule has 0 saturated carbocycles. The Balaban J connectivity index is 1.98. The number of methoxy groups -OCH3 is 1. The van der Waals surface area contributed by atoms with Gasteiger partial charge in [0, 0.05) is 4.47 Å². The number of carboxylic acids is 1. The first-order chi connectivity index (χ1) is 11.0.